The van der Waals surface area contributed by atoms with E-state index in [9.17, 15) is 0 Å². The lowest BCUT2D eigenvalue weighted by Crippen LogP contribution is -2.53. The van der Waals surface area contributed by atoms with E-state index in [1.165, 1.54) is 17.4 Å². The van der Waals surface area contributed by atoms with Crippen LogP contribution in [0.5, 0.6) is 0 Å². The van der Waals surface area contributed by atoms with Gasteiger partial charge in [-0.3, -0.25) is 9.88 Å². The molecule has 0 saturated carbocycles. The molecule has 1 fully saturated rings. The number of benzene rings is 1. The quantitative estimate of drug-likeness (QED) is 0.935. The number of fused-ring (bicyclic) bond motifs is 1. The van der Waals surface area contributed by atoms with Gasteiger partial charge in [0, 0.05) is 43.8 Å². The summed E-state index contributed by atoms with van der Waals surface area (Å²) in [5.74, 6) is 0.723. The number of aromatic nitrogens is 1. The molecule has 0 spiro atoms. The third-order valence-electron chi connectivity index (χ3n) is 4.79. The molecule has 1 aromatic carbocycles. The first-order chi connectivity index (χ1) is 10.3. The first-order valence-corrected chi connectivity index (χ1v) is 8.07. The van der Waals surface area contributed by atoms with E-state index in [-0.39, 0.29) is 0 Å². The number of hydrogen-bond donors (Lipinski definition) is 1. The highest BCUT2D eigenvalue weighted by atomic mass is 15.2. The van der Waals surface area contributed by atoms with E-state index >= 15 is 0 Å². The number of pyridine rings is 1. The summed E-state index contributed by atoms with van der Waals surface area (Å²) in [5, 5.41) is 4.79. The second-order valence-electron chi connectivity index (χ2n) is 6.12. The average molecular weight is 283 g/mol. The van der Waals surface area contributed by atoms with Crippen molar-refractivity contribution in [2.45, 2.75) is 32.9 Å². The van der Waals surface area contributed by atoms with E-state index in [1.807, 2.05) is 12.3 Å². The molecule has 21 heavy (non-hydrogen) atoms. The summed E-state index contributed by atoms with van der Waals surface area (Å²) >= 11 is 0. The molecule has 2 atom stereocenters. The molecular weight excluding hydrogens is 258 g/mol. The second kappa shape index (κ2) is 6.54. The van der Waals surface area contributed by atoms with Gasteiger partial charge in [-0.1, -0.05) is 44.5 Å². The Bertz CT molecular complexity index is 591. The van der Waals surface area contributed by atoms with Crippen molar-refractivity contribution in [3.8, 4) is 0 Å². The normalized spacial score (nSPS) is 21.5. The summed E-state index contributed by atoms with van der Waals surface area (Å²) in [6.07, 6.45) is 3.13. The number of nitrogens with one attached hydrogen (secondary N) is 1. The molecule has 0 radical (unpaired) electrons. The molecule has 1 saturated heterocycles. The highest BCUT2D eigenvalue weighted by Gasteiger charge is 2.26. The summed E-state index contributed by atoms with van der Waals surface area (Å²) in [6.45, 7) is 8.98. The molecule has 1 aliphatic rings. The minimum absolute atomic E-state index is 0.628. The average Bonchev–Trinajstić information content (AvgIpc) is 2.55. The fourth-order valence-corrected chi connectivity index (χ4v) is 3.31. The van der Waals surface area contributed by atoms with E-state index in [0.717, 1.165) is 37.6 Å². The standard InChI is InChI=1S/C18H25N3/c1-3-14(2)17-12-19-10-11-21(17)13-16-7-4-6-15-8-5-9-20-18(15)16/h4-9,14,17,19H,3,10-13H2,1-2H3. The maximum absolute atomic E-state index is 4.59. The number of hydrogen-bond acceptors (Lipinski definition) is 3. The fraction of sp³-hybridized carbons (Fsp3) is 0.500. The Morgan fingerprint density at radius 3 is 3.05 bits per heavy atom. The van der Waals surface area contributed by atoms with Gasteiger partial charge in [-0.15, -0.1) is 0 Å². The van der Waals surface area contributed by atoms with Crippen molar-refractivity contribution in [3.05, 3.63) is 42.1 Å². The highest BCUT2D eigenvalue weighted by Crippen LogP contribution is 2.22. The van der Waals surface area contributed by atoms with Gasteiger partial charge in [-0.2, -0.15) is 0 Å². The first kappa shape index (κ1) is 14.5. The van der Waals surface area contributed by atoms with Crippen LogP contribution in [0.1, 0.15) is 25.8 Å². The van der Waals surface area contributed by atoms with Crippen LogP contribution < -0.4 is 5.32 Å². The third kappa shape index (κ3) is 3.09. The summed E-state index contributed by atoms with van der Waals surface area (Å²) in [4.78, 5) is 7.23. The van der Waals surface area contributed by atoms with Crippen molar-refractivity contribution in [1.29, 1.82) is 0 Å². The number of nitrogens with zero attached hydrogens (tertiary/aromatic N) is 2. The van der Waals surface area contributed by atoms with Crippen molar-refractivity contribution in [3.63, 3.8) is 0 Å². The Kier molecular flexibility index (Phi) is 4.51. The van der Waals surface area contributed by atoms with Crippen LogP contribution in [0.25, 0.3) is 10.9 Å². The van der Waals surface area contributed by atoms with Gasteiger partial charge in [0.2, 0.25) is 0 Å². The zero-order valence-electron chi connectivity index (χ0n) is 13.0. The van der Waals surface area contributed by atoms with Crippen LogP contribution in [-0.4, -0.2) is 35.6 Å². The maximum Gasteiger partial charge on any atom is 0.0746 e. The van der Waals surface area contributed by atoms with E-state index in [4.69, 9.17) is 0 Å². The van der Waals surface area contributed by atoms with Crippen LogP contribution in [0.3, 0.4) is 0 Å². The molecule has 2 unspecified atom stereocenters. The summed E-state index contributed by atoms with van der Waals surface area (Å²) < 4.78 is 0. The largest absolute Gasteiger partial charge is 0.314 e. The van der Waals surface area contributed by atoms with Crippen LogP contribution in [0, 0.1) is 5.92 Å². The van der Waals surface area contributed by atoms with Crippen LogP contribution >= 0.6 is 0 Å². The predicted molar refractivity (Wildman–Crippen MR) is 88.3 cm³/mol. The molecule has 1 aromatic heterocycles. The van der Waals surface area contributed by atoms with Crippen LogP contribution in [0.4, 0.5) is 0 Å². The molecule has 2 heterocycles. The molecule has 112 valence electrons. The predicted octanol–water partition coefficient (Wildman–Crippen LogP) is 3.05. The van der Waals surface area contributed by atoms with Crippen LogP contribution in [0.2, 0.25) is 0 Å². The second-order valence-corrected chi connectivity index (χ2v) is 6.12. The zero-order chi connectivity index (χ0) is 14.7. The highest BCUT2D eigenvalue weighted by molar-refractivity contribution is 5.81. The molecule has 3 nitrogen and oxygen atoms in total. The Labute approximate surface area is 127 Å². The molecule has 3 rings (SSSR count). The molecule has 2 aromatic rings. The van der Waals surface area contributed by atoms with Crippen molar-refractivity contribution >= 4 is 10.9 Å². The van der Waals surface area contributed by atoms with E-state index in [1.54, 1.807) is 0 Å². The Balaban J connectivity index is 1.86. The Hall–Kier alpha value is -1.45. The molecule has 0 bridgehead atoms. The van der Waals surface area contributed by atoms with Gasteiger partial charge in [0.05, 0.1) is 5.52 Å². The van der Waals surface area contributed by atoms with E-state index in [2.05, 4.69) is 53.3 Å². The summed E-state index contributed by atoms with van der Waals surface area (Å²) in [5.41, 5.74) is 2.50. The molecule has 1 aliphatic heterocycles. The molecule has 0 aliphatic carbocycles. The minimum atomic E-state index is 0.628. The van der Waals surface area contributed by atoms with Crippen molar-refractivity contribution in [1.82, 2.24) is 15.2 Å². The molecule has 1 N–H and O–H groups in total. The lowest BCUT2D eigenvalue weighted by molar-refractivity contribution is 0.109. The van der Waals surface area contributed by atoms with Gasteiger partial charge in [-0.25, -0.2) is 0 Å². The molecule has 0 amide bonds. The zero-order valence-corrected chi connectivity index (χ0v) is 13.0. The van der Waals surface area contributed by atoms with Crippen molar-refractivity contribution < 1.29 is 0 Å². The number of piperazine rings is 1. The number of para-hydroxylation sites is 1. The van der Waals surface area contributed by atoms with Gasteiger partial charge >= 0.3 is 0 Å². The molecule has 3 heteroatoms. The lowest BCUT2D eigenvalue weighted by atomic mass is 9.95. The summed E-state index contributed by atoms with van der Waals surface area (Å²) in [6, 6.07) is 11.3. The Morgan fingerprint density at radius 1 is 1.33 bits per heavy atom. The van der Waals surface area contributed by atoms with E-state index in [0.29, 0.717) is 6.04 Å². The van der Waals surface area contributed by atoms with E-state index < -0.39 is 0 Å². The van der Waals surface area contributed by atoms with Gasteiger partial charge in [-0.05, 0) is 17.5 Å². The monoisotopic (exact) mass is 283 g/mol. The fourth-order valence-electron chi connectivity index (χ4n) is 3.31. The maximum atomic E-state index is 4.59. The first-order valence-electron chi connectivity index (χ1n) is 8.07. The SMILES string of the molecule is CCC(C)C1CNCCN1Cc1cccc2cccnc12. The number of rotatable bonds is 4. The molecular formula is C18H25N3. The van der Waals surface area contributed by atoms with Crippen LogP contribution in [-0.2, 0) is 6.54 Å². The topological polar surface area (TPSA) is 28.2 Å². The van der Waals surface area contributed by atoms with Gasteiger partial charge in [0.15, 0.2) is 0 Å². The smallest absolute Gasteiger partial charge is 0.0746 e. The van der Waals surface area contributed by atoms with Crippen molar-refractivity contribution in [2.75, 3.05) is 19.6 Å². The van der Waals surface area contributed by atoms with Crippen LogP contribution in [0.15, 0.2) is 36.5 Å². The van der Waals surface area contributed by atoms with Gasteiger partial charge in [0.1, 0.15) is 0 Å². The summed E-state index contributed by atoms with van der Waals surface area (Å²) in [7, 11) is 0. The van der Waals surface area contributed by atoms with Gasteiger partial charge in [0.25, 0.3) is 0 Å². The van der Waals surface area contributed by atoms with Gasteiger partial charge < -0.3 is 5.32 Å². The third-order valence-corrected chi connectivity index (χ3v) is 4.79. The minimum Gasteiger partial charge on any atom is -0.314 e. The Morgan fingerprint density at radius 2 is 2.19 bits per heavy atom. The lowest BCUT2D eigenvalue weighted by Gasteiger charge is -2.39. The van der Waals surface area contributed by atoms with Crippen molar-refractivity contribution in [2.24, 2.45) is 5.92 Å².